The van der Waals surface area contributed by atoms with Crippen LogP contribution in [-0.4, -0.2) is 29.5 Å². The number of hydrogen-bond donors (Lipinski definition) is 2. The molecule has 3 aromatic rings. The Balaban J connectivity index is 1.69. The van der Waals surface area contributed by atoms with Gasteiger partial charge in [0.1, 0.15) is 12.1 Å². The van der Waals surface area contributed by atoms with Crippen molar-refractivity contribution in [2.45, 2.75) is 6.42 Å². The minimum atomic E-state index is -0.0922. The summed E-state index contributed by atoms with van der Waals surface area (Å²) in [5, 5.41) is 15.8. The van der Waals surface area contributed by atoms with Crippen molar-refractivity contribution in [3.63, 3.8) is 0 Å². The molecular formula is C19H17N5O. The molecular weight excluding hydrogens is 314 g/mol. The van der Waals surface area contributed by atoms with Gasteiger partial charge < -0.3 is 10.6 Å². The van der Waals surface area contributed by atoms with Crippen molar-refractivity contribution in [2.75, 3.05) is 18.9 Å². The zero-order valence-corrected chi connectivity index (χ0v) is 13.8. The Hall–Kier alpha value is -3.46. The van der Waals surface area contributed by atoms with Crippen molar-refractivity contribution in [1.82, 2.24) is 15.3 Å². The predicted octanol–water partition coefficient (Wildman–Crippen LogP) is 2.52. The number of fused-ring (bicyclic) bond motifs is 1. The van der Waals surface area contributed by atoms with E-state index in [1.165, 1.54) is 6.33 Å². The molecule has 124 valence electrons. The van der Waals surface area contributed by atoms with Crippen molar-refractivity contribution in [3.05, 3.63) is 65.5 Å². The lowest BCUT2D eigenvalue weighted by atomic mass is 10.1. The van der Waals surface area contributed by atoms with Gasteiger partial charge in [-0.3, -0.25) is 4.79 Å². The zero-order valence-electron chi connectivity index (χ0n) is 13.8. The minimum absolute atomic E-state index is 0.0922. The molecule has 1 amide bonds. The average Bonchev–Trinajstić information content (AvgIpc) is 2.67. The van der Waals surface area contributed by atoms with E-state index < -0.39 is 0 Å². The number of nitrogens with zero attached hydrogens (tertiary/aromatic N) is 3. The van der Waals surface area contributed by atoms with Crippen LogP contribution in [0.25, 0.3) is 10.9 Å². The van der Waals surface area contributed by atoms with Crippen LogP contribution < -0.4 is 10.6 Å². The van der Waals surface area contributed by atoms with Gasteiger partial charge in [-0.15, -0.1) is 0 Å². The molecule has 1 aromatic heterocycles. The zero-order chi connectivity index (χ0) is 17.6. The number of amides is 1. The monoisotopic (exact) mass is 331 g/mol. The molecule has 1 heterocycles. The first-order valence-corrected chi connectivity index (χ1v) is 7.91. The molecule has 6 heteroatoms. The smallest absolute Gasteiger partial charge is 0.251 e. The molecule has 0 spiro atoms. The van der Waals surface area contributed by atoms with E-state index in [2.05, 4.69) is 26.7 Å². The number of carbonyl (C=O) groups excluding carboxylic acids is 1. The second kappa shape index (κ2) is 7.41. The predicted molar refractivity (Wildman–Crippen MR) is 96.3 cm³/mol. The largest absolute Gasteiger partial charge is 0.369 e. The fourth-order valence-electron chi connectivity index (χ4n) is 2.56. The lowest BCUT2D eigenvalue weighted by molar-refractivity contribution is 0.0963. The van der Waals surface area contributed by atoms with Crippen LogP contribution in [0.1, 0.15) is 21.5 Å². The summed E-state index contributed by atoms with van der Waals surface area (Å²) in [6.45, 7) is 0.683. The average molecular weight is 331 g/mol. The molecule has 6 nitrogen and oxygen atoms in total. The Labute approximate surface area is 145 Å². The summed E-state index contributed by atoms with van der Waals surface area (Å²) < 4.78 is 0. The fraction of sp³-hybridized carbons (Fsp3) is 0.158. The summed E-state index contributed by atoms with van der Waals surface area (Å²) in [7, 11) is 1.62. The third-order valence-corrected chi connectivity index (χ3v) is 3.91. The molecule has 0 fully saturated rings. The second-order valence-electron chi connectivity index (χ2n) is 5.52. The number of nitrogens with one attached hydrogen (secondary N) is 2. The molecule has 2 N–H and O–H groups in total. The van der Waals surface area contributed by atoms with Gasteiger partial charge in [0.15, 0.2) is 0 Å². The van der Waals surface area contributed by atoms with Crippen molar-refractivity contribution in [1.29, 1.82) is 5.26 Å². The molecule has 2 aromatic carbocycles. The van der Waals surface area contributed by atoms with Gasteiger partial charge in [-0.1, -0.05) is 12.1 Å². The first kappa shape index (κ1) is 16.4. The van der Waals surface area contributed by atoms with Crippen LogP contribution in [0.3, 0.4) is 0 Å². The van der Waals surface area contributed by atoms with E-state index in [1.54, 1.807) is 19.2 Å². The molecule has 25 heavy (non-hydrogen) atoms. The minimum Gasteiger partial charge on any atom is -0.369 e. The van der Waals surface area contributed by atoms with E-state index in [1.807, 2.05) is 30.3 Å². The normalized spacial score (nSPS) is 10.2. The van der Waals surface area contributed by atoms with Crippen molar-refractivity contribution < 1.29 is 4.79 Å². The van der Waals surface area contributed by atoms with Crippen molar-refractivity contribution in [3.8, 4) is 6.07 Å². The number of nitriles is 1. The van der Waals surface area contributed by atoms with E-state index >= 15 is 0 Å². The lowest BCUT2D eigenvalue weighted by Crippen LogP contribution is -2.17. The van der Waals surface area contributed by atoms with Gasteiger partial charge in [-0.05, 0) is 42.3 Å². The fourth-order valence-corrected chi connectivity index (χ4v) is 2.56. The van der Waals surface area contributed by atoms with Gasteiger partial charge in [0.2, 0.25) is 0 Å². The SMILES string of the molecule is CNC(=O)c1ccc(CCNc2ncnc3ccc(C#N)cc23)cc1. The molecule has 0 unspecified atom stereocenters. The maximum Gasteiger partial charge on any atom is 0.251 e. The lowest BCUT2D eigenvalue weighted by Gasteiger charge is -2.09. The summed E-state index contributed by atoms with van der Waals surface area (Å²) in [6.07, 6.45) is 2.30. The van der Waals surface area contributed by atoms with Gasteiger partial charge in [-0.25, -0.2) is 9.97 Å². The Morgan fingerprint density at radius 1 is 1.16 bits per heavy atom. The highest BCUT2D eigenvalue weighted by Gasteiger charge is 2.05. The first-order valence-electron chi connectivity index (χ1n) is 7.91. The summed E-state index contributed by atoms with van der Waals surface area (Å²) in [4.78, 5) is 20.0. The third-order valence-electron chi connectivity index (χ3n) is 3.91. The molecule has 0 saturated heterocycles. The Bertz CT molecular complexity index is 944. The van der Waals surface area contributed by atoms with Crippen LogP contribution in [0, 0.1) is 11.3 Å². The molecule has 0 aliphatic heterocycles. The van der Waals surface area contributed by atoms with E-state index in [-0.39, 0.29) is 5.91 Å². The number of aromatic nitrogens is 2. The third kappa shape index (κ3) is 3.72. The first-order chi connectivity index (χ1) is 12.2. The van der Waals surface area contributed by atoms with E-state index in [0.29, 0.717) is 23.5 Å². The van der Waals surface area contributed by atoms with Crippen LogP contribution in [0.5, 0.6) is 0 Å². The molecule has 0 atom stereocenters. The Kier molecular flexibility index (Phi) is 4.86. The standard InChI is InChI=1S/C19H17N5O/c1-21-19(25)15-5-2-13(3-6-15)8-9-22-18-16-10-14(11-20)4-7-17(16)23-12-24-18/h2-7,10,12H,8-9H2,1H3,(H,21,25)(H,22,23,24). The summed E-state index contributed by atoms with van der Waals surface area (Å²) >= 11 is 0. The van der Waals surface area contributed by atoms with Crippen LogP contribution in [0.4, 0.5) is 5.82 Å². The second-order valence-corrected chi connectivity index (χ2v) is 5.52. The molecule has 0 radical (unpaired) electrons. The van der Waals surface area contributed by atoms with E-state index in [4.69, 9.17) is 5.26 Å². The Morgan fingerprint density at radius 2 is 1.96 bits per heavy atom. The van der Waals surface area contributed by atoms with E-state index in [0.717, 1.165) is 22.9 Å². The van der Waals surface area contributed by atoms with Crippen molar-refractivity contribution in [2.24, 2.45) is 0 Å². The molecule has 3 rings (SSSR count). The van der Waals surface area contributed by atoms with Gasteiger partial charge in [0, 0.05) is 24.5 Å². The highest BCUT2D eigenvalue weighted by atomic mass is 16.1. The summed E-state index contributed by atoms with van der Waals surface area (Å²) in [5.74, 6) is 0.620. The van der Waals surface area contributed by atoms with E-state index in [9.17, 15) is 4.79 Å². The number of benzene rings is 2. The molecule has 0 saturated carbocycles. The number of hydrogen-bond acceptors (Lipinski definition) is 5. The summed E-state index contributed by atoms with van der Waals surface area (Å²) in [5.41, 5.74) is 3.14. The van der Waals surface area contributed by atoms with Crippen LogP contribution in [-0.2, 0) is 6.42 Å². The van der Waals surface area contributed by atoms with Gasteiger partial charge in [-0.2, -0.15) is 5.26 Å². The quantitative estimate of drug-likeness (QED) is 0.749. The van der Waals surface area contributed by atoms with Gasteiger partial charge in [0.05, 0.1) is 17.1 Å². The highest BCUT2D eigenvalue weighted by molar-refractivity contribution is 5.94. The number of anilines is 1. The summed E-state index contributed by atoms with van der Waals surface area (Å²) in [6, 6.07) is 15.0. The highest BCUT2D eigenvalue weighted by Crippen LogP contribution is 2.20. The molecule has 0 aliphatic carbocycles. The van der Waals surface area contributed by atoms with Crippen LogP contribution >= 0.6 is 0 Å². The number of carbonyl (C=O) groups is 1. The van der Waals surface area contributed by atoms with Gasteiger partial charge >= 0.3 is 0 Å². The van der Waals surface area contributed by atoms with Crippen molar-refractivity contribution >= 4 is 22.6 Å². The van der Waals surface area contributed by atoms with Crippen LogP contribution in [0.2, 0.25) is 0 Å². The number of rotatable bonds is 5. The van der Waals surface area contributed by atoms with Crippen LogP contribution in [0.15, 0.2) is 48.8 Å². The maximum atomic E-state index is 11.5. The maximum absolute atomic E-state index is 11.5. The topological polar surface area (TPSA) is 90.7 Å². The Morgan fingerprint density at radius 3 is 2.68 bits per heavy atom. The molecule has 0 bridgehead atoms. The van der Waals surface area contributed by atoms with Gasteiger partial charge in [0.25, 0.3) is 5.91 Å². The molecule has 0 aliphatic rings.